The third-order valence-corrected chi connectivity index (χ3v) is 5.52. The van der Waals surface area contributed by atoms with E-state index in [-0.39, 0.29) is 10.9 Å². The fourth-order valence-electron chi connectivity index (χ4n) is 2.46. The Labute approximate surface area is 127 Å². The smallest absolute Gasteiger partial charge is 0.244 e. The first-order valence-electron chi connectivity index (χ1n) is 7.78. The number of hydrogen-bond donors (Lipinski definition) is 2. The van der Waals surface area contributed by atoms with E-state index >= 15 is 0 Å². The van der Waals surface area contributed by atoms with Crippen LogP contribution < -0.4 is 10.0 Å². The van der Waals surface area contributed by atoms with Crippen molar-refractivity contribution in [1.82, 2.24) is 10.0 Å². The van der Waals surface area contributed by atoms with Gasteiger partial charge in [0.15, 0.2) is 0 Å². The lowest BCUT2D eigenvalue weighted by molar-refractivity contribution is 0.458. The van der Waals surface area contributed by atoms with Gasteiger partial charge in [0, 0.05) is 12.1 Å². The van der Waals surface area contributed by atoms with Crippen molar-refractivity contribution in [1.29, 1.82) is 0 Å². The number of nitrogens with one attached hydrogen (secondary N) is 2. The van der Waals surface area contributed by atoms with E-state index < -0.39 is 10.0 Å². The summed E-state index contributed by atoms with van der Waals surface area (Å²) in [6, 6.07) is 1.65. The molecule has 0 amide bonds. The van der Waals surface area contributed by atoms with Gasteiger partial charge < -0.3 is 9.73 Å². The Morgan fingerprint density at radius 3 is 2.67 bits per heavy atom. The zero-order valence-electron chi connectivity index (χ0n) is 13.1. The summed E-state index contributed by atoms with van der Waals surface area (Å²) < 4.78 is 33.4. The summed E-state index contributed by atoms with van der Waals surface area (Å²) in [7, 11) is -3.50. The van der Waals surface area contributed by atoms with Crippen LogP contribution in [0.25, 0.3) is 0 Å². The second kappa shape index (κ2) is 6.94. The van der Waals surface area contributed by atoms with Gasteiger partial charge in [-0.05, 0) is 32.2 Å². The zero-order chi connectivity index (χ0) is 15.5. The van der Waals surface area contributed by atoms with E-state index in [0.29, 0.717) is 24.0 Å². The molecule has 6 heteroatoms. The molecular weight excluding hydrogens is 288 g/mol. The molecule has 2 N–H and O–H groups in total. The van der Waals surface area contributed by atoms with Crippen LogP contribution in [0.4, 0.5) is 0 Å². The van der Waals surface area contributed by atoms with Crippen molar-refractivity contribution in [3.05, 3.63) is 17.6 Å². The predicted octanol–water partition coefficient (Wildman–Crippen LogP) is 2.55. The van der Waals surface area contributed by atoms with Gasteiger partial charge >= 0.3 is 0 Å². The topological polar surface area (TPSA) is 71.3 Å². The molecule has 1 unspecified atom stereocenters. The average molecular weight is 314 g/mol. The lowest BCUT2D eigenvalue weighted by Crippen LogP contribution is -2.34. The fraction of sp³-hybridized carbons (Fsp3) is 0.733. The molecule has 2 rings (SSSR count). The van der Waals surface area contributed by atoms with Gasteiger partial charge in [-0.1, -0.05) is 26.7 Å². The Bertz CT molecular complexity index is 561. The maximum absolute atomic E-state index is 12.5. The SMILES string of the molecule is CCNCc1cc(S(=O)(=O)NC(CC)CC2CC2)c(C)o1. The van der Waals surface area contributed by atoms with Gasteiger partial charge in [-0.2, -0.15) is 0 Å². The molecule has 1 atom stereocenters. The highest BCUT2D eigenvalue weighted by Crippen LogP contribution is 2.34. The molecule has 120 valence electrons. The van der Waals surface area contributed by atoms with E-state index in [9.17, 15) is 8.42 Å². The molecule has 0 spiro atoms. The van der Waals surface area contributed by atoms with E-state index in [1.54, 1.807) is 13.0 Å². The second-order valence-corrected chi connectivity index (χ2v) is 7.50. The van der Waals surface area contributed by atoms with Crippen LogP contribution in [0.3, 0.4) is 0 Å². The highest BCUT2D eigenvalue weighted by Gasteiger charge is 2.29. The van der Waals surface area contributed by atoms with Crippen molar-refractivity contribution in [2.24, 2.45) is 5.92 Å². The Balaban J connectivity index is 2.08. The minimum atomic E-state index is -3.50. The fourth-order valence-corrected chi connectivity index (χ4v) is 4.00. The third kappa shape index (κ3) is 4.56. The van der Waals surface area contributed by atoms with Gasteiger partial charge in [-0.3, -0.25) is 0 Å². The lowest BCUT2D eigenvalue weighted by Gasteiger charge is -2.16. The summed E-state index contributed by atoms with van der Waals surface area (Å²) in [5, 5.41) is 3.13. The predicted molar refractivity (Wildman–Crippen MR) is 82.6 cm³/mol. The quantitative estimate of drug-likeness (QED) is 0.735. The monoisotopic (exact) mass is 314 g/mol. The highest BCUT2D eigenvalue weighted by molar-refractivity contribution is 7.89. The Kier molecular flexibility index (Phi) is 5.46. The molecule has 1 saturated carbocycles. The van der Waals surface area contributed by atoms with Crippen LogP contribution in [0.1, 0.15) is 51.1 Å². The number of furan rings is 1. The van der Waals surface area contributed by atoms with Crippen LogP contribution in [-0.2, 0) is 16.6 Å². The first kappa shape index (κ1) is 16.5. The standard InChI is InChI=1S/C15H26N2O3S/c1-4-13(8-12-6-7-12)17-21(18,19)15-9-14(10-16-5-2)20-11(15)3/h9,12-13,16-17H,4-8,10H2,1-3H3. The highest BCUT2D eigenvalue weighted by atomic mass is 32.2. The number of rotatable bonds is 9. The largest absolute Gasteiger partial charge is 0.464 e. The average Bonchev–Trinajstić information content (AvgIpc) is 3.16. The van der Waals surface area contributed by atoms with Crippen molar-refractivity contribution in [2.75, 3.05) is 6.54 Å². The maximum atomic E-state index is 12.5. The van der Waals surface area contributed by atoms with Gasteiger partial charge in [-0.15, -0.1) is 0 Å². The molecule has 5 nitrogen and oxygen atoms in total. The summed E-state index contributed by atoms with van der Waals surface area (Å²) in [4.78, 5) is 0.268. The minimum absolute atomic E-state index is 0.0222. The molecule has 0 aliphatic heterocycles. The van der Waals surface area contributed by atoms with Crippen molar-refractivity contribution >= 4 is 10.0 Å². The molecule has 0 bridgehead atoms. The summed E-state index contributed by atoms with van der Waals surface area (Å²) in [6.45, 7) is 7.09. The van der Waals surface area contributed by atoms with Crippen LogP contribution in [0, 0.1) is 12.8 Å². The van der Waals surface area contributed by atoms with Gasteiger partial charge in [0.1, 0.15) is 16.4 Å². The first-order valence-corrected chi connectivity index (χ1v) is 9.27. The van der Waals surface area contributed by atoms with Gasteiger partial charge in [0.25, 0.3) is 0 Å². The Morgan fingerprint density at radius 1 is 1.38 bits per heavy atom. The summed E-state index contributed by atoms with van der Waals surface area (Å²) in [6.07, 6.45) is 4.22. The number of aryl methyl sites for hydroxylation is 1. The molecule has 1 aliphatic rings. The molecule has 21 heavy (non-hydrogen) atoms. The normalized spacial score (nSPS) is 17.1. The van der Waals surface area contributed by atoms with Crippen LogP contribution in [-0.4, -0.2) is 21.0 Å². The molecule has 1 aromatic heterocycles. The molecular formula is C15H26N2O3S. The van der Waals surface area contributed by atoms with E-state index in [1.807, 2.05) is 13.8 Å². The minimum Gasteiger partial charge on any atom is -0.464 e. The van der Waals surface area contributed by atoms with Crippen LogP contribution in [0.2, 0.25) is 0 Å². The van der Waals surface area contributed by atoms with Crippen LogP contribution >= 0.6 is 0 Å². The van der Waals surface area contributed by atoms with Crippen molar-refractivity contribution in [3.8, 4) is 0 Å². The van der Waals surface area contributed by atoms with Gasteiger partial charge in [-0.25, -0.2) is 13.1 Å². The van der Waals surface area contributed by atoms with Crippen molar-refractivity contribution in [2.45, 2.75) is 63.9 Å². The molecule has 0 radical (unpaired) electrons. The van der Waals surface area contributed by atoms with Gasteiger partial charge in [0.05, 0.1) is 6.54 Å². The summed E-state index contributed by atoms with van der Waals surface area (Å²) >= 11 is 0. The van der Waals surface area contributed by atoms with E-state index in [0.717, 1.165) is 19.4 Å². The number of sulfonamides is 1. The second-order valence-electron chi connectivity index (χ2n) is 5.82. The maximum Gasteiger partial charge on any atom is 0.244 e. The zero-order valence-corrected chi connectivity index (χ0v) is 13.9. The van der Waals surface area contributed by atoms with Crippen LogP contribution in [0.15, 0.2) is 15.4 Å². The third-order valence-electron chi connectivity index (χ3n) is 3.89. The molecule has 1 fully saturated rings. The van der Waals surface area contributed by atoms with Crippen molar-refractivity contribution < 1.29 is 12.8 Å². The molecule has 1 heterocycles. The number of hydrogen-bond acceptors (Lipinski definition) is 4. The van der Waals surface area contributed by atoms with E-state index in [1.165, 1.54) is 12.8 Å². The molecule has 1 aromatic rings. The van der Waals surface area contributed by atoms with Crippen molar-refractivity contribution in [3.63, 3.8) is 0 Å². The molecule has 1 aliphatic carbocycles. The Morgan fingerprint density at radius 2 is 2.10 bits per heavy atom. The lowest BCUT2D eigenvalue weighted by atomic mass is 10.1. The molecule has 0 saturated heterocycles. The molecule has 0 aromatic carbocycles. The first-order chi connectivity index (χ1) is 9.96. The summed E-state index contributed by atoms with van der Waals surface area (Å²) in [5.41, 5.74) is 0. The summed E-state index contributed by atoms with van der Waals surface area (Å²) in [5.74, 6) is 1.81. The Hall–Kier alpha value is -0.850. The van der Waals surface area contributed by atoms with E-state index in [2.05, 4.69) is 10.0 Å². The van der Waals surface area contributed by atoms with E-state index in [4.69, 9.17) is 4.42 Å². The van der Waals surface area contributed by atoms with Gasteiger partial charge in [0.2, 0.25) is 10.0 Å². The van der Waals surface area contributed by atoms with Crippen LogP contribution in [0.5, 0.6) is 0 Å².